The first-order valence-electron chi connectivity index (χ1n) is 3.90. The van der Waals surface area contributed by atoms with E-state index in [4.69, 9.17) is 5.26 Å². The molecule has 1 rings (SSSR count). The van der Waals surface area contributed by atoms with Gasteiger partial charge in [-0.2, -0.15) is 5.26 Å². The SMILES string of the molecule is CC(=O)[C@@H]1C[C@H](C#N)C1(C)C. The Morgan fingerprint density at radius 2 is 2.18 bits per heavy atom. The lowest BCUT2D eigenvalue weighted by molar-refractivity contribution is -0.132. The van der Waals surface area contributed by atoms with E-state index in [9.17, 15) is 4.79 Å². The molecule has 0 aliphatic heterocycles. The quantitative estimate of drug-likeness (QED) is 0.573. The van der Waals surface area contributed by atoms with Gasteiger partial charge in [-0.05, 0) is 18.8 Å². The van der Waals surface area contributed by atoms with Crippen molar-refractivity contribution >= 4 is 5.78 Å². The van der Waals surface area contributed by atoms with Crippen LogP contribution >= 0.6 is 0 Å². The maximum Gasteiger partial charge on any atom is 0.133 e. The number of ketones is 1. The minimum absolute atomic E-state index is 0.0800. The van der Waals surface area contributed by atoms with E-state index in [0.29, 0.717) is 0 Å². The summed E-state index contributed by atoms with van der Waals surface area (Å²) in [4.78, 5) is 11.0. The van der Waals surface area contributed by atoms with Gasteiger partial charge in [0.2, 0.25) is 0 Å². The highest BCUT2D eigenvalue weighted by molar-refractivity contribution is 5.80. The van der Waals surface area contributed by atoms with E-state index in [2.05, 4.69) is 6.07 Å². The lowest BCUT2D eigenvalue weighted by Crippen LogP contribution is -2.47. The van der Waals surface area contributed by atoms with Crippen LogP contribution in [0.15, 0.2) is 0 Å². The van der Waals surface area contributed by atoms with Crippen molar-refractivity contribution in [2.75, 3.05) is 0 Å². The zero-order chi connectivity index (χ0) is 8.65. The van der Waals surface area contributed by atoms with E-state index < -0.39 is 0 Å². The molecule has 2 nitrogen and oxygen atoms in total. The molecule has 1 aliphatic carbocycles. The Labute approximate surface area is 67.2 Å². The molecular weight excluding hydrogens is 138 g/mol. The maximum atomic E-state index is 11.0. The fraction of sp³-hybridized carbons (Fsp3) is 0.778. The second kappa shape index (κ2) is 2.34. The molecule has 0 spiro atoms. The second-order valence-electron chi connectivity index (χ2n) is 3.90. The molecule has 1 saturated carbocycles. The van der Waals surface area contributed by atoms with Crippen molar-refractivity contribution in [2.45, 2.75) is 27.2 Å². The van der Waals surface area contributed by atoms with Gasteiger partial charge in [0.05, 0.1) is 12.0 Å². The summed E-state index contributed by atoms with van der Waals surface area (Å²) in [5.41, 5.74) is -0.0828. The minimum Gasteiger partial charge on any atom is -0.300 e. The predicted molar refractivity (Wildman–Crippen MR) is 41.7 cm³/mol. The first-order valence-corrected chi connectivity index (χ1v) is 3.90. The summed E-state index contributed by atoms with van der Waals surface area (Å²) in [6.45, 7) is 5.60. The molecule has 0 heterocycles. The Morgan fingerprint density at radius 3 is 2.45 bits per heavy atom. The Bertz CT molecular complexity index is 224. The molecule has 2 heteroatoms. The average molecular weight is 151 g/mol. The van der Waals surface area contributed by atoms with Gasteiger partial charge >= 0.3 is 0 Å². The third-order valence-corrected chi connectivity index (χ3v) is 2.91. The van der Waals surface area contributed by atoms with E-state index in [-0.39, 0.29) is 23.0 Å². The predicted octanol–water partition coefficient (Wildman–Crippen LogP) is 1.76. The van der Waals surface area contributed by atoms with Crippen molar-refractivity contribution in [3.8, 4) is 6.07 Å². The maximum absolute atomic E-state index is 11.0. The van der Waals surface area contributed by atoms with Crippen LogP contribution in [0.2, 0.25) is 0 Å². The van der Waals surface area contributed by atoms with Gasteiger partial charge in [0, 0.05) is 5.92 Å². The van der Waals surface area contributed by atoms with Gasteiger partial charge in [0.25, 0.3) is 0 Å². The third-order valence-electron chi connectivity index (χ3n) is 2.91. The lowest BCUT2D eigenvalue weighted by Gasteiger charge is -2.47. The Hall–Kier alpha value is -0.840. The normalized spacial score (nSPS) is 33.6. The van der Waals surface area contributed by atoms with Gasteiger partial charge in [-0.3, -0.25) is 4.79 Å². The summed E-state index contributed by atoms with van der Waals surface area (Å²) in [7, 11) is 0. The highest BCUT2D eigenvalue weighted by Gasteiger charge is 2.50. The first-order chi connectivity index (χ1) is 5.00. The number of hydrogen-bond donors (Lipinski definition) is 0. The number of carbonyl (C=O) groups is 1. The number of rotatable bonds is 1. The van der Waals surface area contributed by atoms with Gasteiger partial charge in [-0.1, -0.05) is 13.8 Å². The summed E-state index contributed by atoms with van der Waals surface area (Å²) in [5, 5.41) is 8.66. The molecule has 0 N–H and O–H groups in total. The van der Waals surface area contributed by atoms with Crippen LogP contribution in [-0.4, -0.2) is 5.78 Å². The molecule has 0 radical (unpaired) electrons. The van der Waals surface area contributed by atoms with Crippen LogP contribution in [0, 0.1) is 28.6 Å². The average Bonchev–Trinajstić information content (AvgIpc) is 1.85. The summed E-state index contributed by atoms with van der Waals surface area (Å²) in [6.07, 6.45) is 0.763. The molecule has 1 aliphatic rings. The van der Waals surface area contributed by atoms with Crippen molar-refractivity contribution in [2.24, 2.45) is 17.3 Å². The van der Waals surface area contributed by atoms with Crippen molar-refractivity contribution in [1.29, 1.82) is 5.26 Å². The van der Waals surface area contributed by atoms with Crippen LogP contribution in [0.3, 0.4) is 0 Å². The number of nitriles is 1. The van der Waals surface area contributed by atoms with Crippen molar-refractivity contribution < 1.29 is 4.79 Å². The molecule has 1 fully saturated rings. The van der Waals surface area contributed by atoms with Gasteiger partial charge in [0.15, 0.2) is 0 Å². The van der Waals surface area contributed by atoms with E-state index in [1.165, 1.54) is 0 Å². The number of Topliss-reactive ketones (excluding diaryl/α,β-unsaturated/α-hetero) is 1. The molecule has 0 amide bonds. The third kappa shape index (κ3) is 1.05. The highest BCUT2D eigenvalue weighted by Crippen LogP contribution is 2.51. The van der Waals surface area contributed by atoms with Crippen LogP contribution in [0.4, 0.5) is 0 Å². The fourth-order valence-corrected chi connectivity index (χ4v) is 1.83. The zero-order valence-corrected chi connectivity index (χ0v) is 7.22. The highest BCUT2D eigenvalue weighted by atomic mass is 16.1. The standard InChI is InChI=1S/C9H13NO/c1-6(11)8-4-7(5-10)9(8,2)3/h7-8H,4H2,1-3H3/t7-,8+/m1/s1. The lowest BCUT2D eigenvalue weighted by atomic mass is 9.54. The molecule has 0 aromatic carbocycles. The monoisotopic (exact) mass is 151 g/mol. The topological polar surface area (TPSA) is 40.9 Å². The van der Waals surface area contributed by atoms with Crippen LogP contribution in [0.5, 0.6) is 0 Å². The molecule has 11 heavy (non-hydrogen) atoms. The largest absolute Gasteiger partial charge is 0.300 e. The van der Waals surface area contributed by atoms with Crippen LogP contribution < -0.4 is 0 Å². The molecule has 0 unspecified atom stereocenters. The van der Waals surface area contributed by atoms with Gasteiger partial charge < -0.3 is 0 Å². The van der Waals surface area contributed by atoms with Crippen LogP contribution in [0.1, 0.15) is 27.2 Å². The van der Waals surface area contributed by atoms with E-state index in [0.717, 1.165) is 6.42 Å². The molecular formula is C9H13NO. The molecule has 0 aromatic heterocycles. The van der Waals surface area contributed by atoms with E-state index in [1.54, 1.807) is 6.92 Å². The van der Waals surface area contributed by atoms with Crippen LogP contribution in [-0.2, 0) is 4.79 Å². The van der Waals surface area contributed by atoms with E-state index >= 15 is 0 Å². The zero-order valence-electron chi connectivity index (χ0n) is 7.22. The summed E-state index contributed by atoms with van der Waals surface area (Å²) < 4.78 is 0. The molecule has 0 bridgehead atoms. The minimum atomic E-state index is -0.0828. The number of nitrogens with zero attached hydrogens (tertiary/aromatic N) is 1. The Kier molecular flexibility index (Phi) is 1.75. The van der Waals surface area contributed by atoms with Gasteiger partial charge in [-0.25, -0.2) is 0 Å². The van der Waals surface area contributed by atoms with Crippen molar-refractivity contribution in [3.63, 3.8) is 0 Å². The summed E-state index contributed by atoms with van der Waals surface area (Å²) >= 11 is 0. The first kappa shape index (κ1) is 8.26. The van der Waals surface area contributed by atoms with Gasteiger partial charge in [0.1, 0.15) is 5.78 Å². The van der Waals surface area contributed by atoms with Crippen molar-refractivity contribution in [3.05, 3.63) is 0 Å². The van der Waals surface area contributed by atoms with E-state index in [1.807, 2.05) is 13.8 Å². The molecule has 0 aromatic rings. The molecule has 0 saturated heterocycles. The van der Waals surface area contributed by atoms with Crippen LogP contribution in [0.25, 0.3) is 0 Å². The smallest absolute Gasteiger partial charge is 0.133 e. The summed E-state index contributed by atoms with van der Waals surface area (Å²) in [6, 6.07) is 2.22. The fourth-order valence-electron chi connectivity index (χ4n) is 1.83. The molecule has 60 valence electrons. The Balaban J connectivity index is 2.70. The Morgan fingerprint density at radius 1 is 1.64 bits per heavy atom. The number of hydrogen-bond acceptors (Lipinski definition) is 2. The number of carbonyl (C=O) groups excluding carboxylic acids is 1. The van der Waals surface area contributed by atoms with Crippen molar-refractivity contribution in [1.82, 2.24) is 0 Å². The molecule has 2 atom stereocenters. The summed E-state index contributed by atoms with van der Waals surface area (Å²) in [5.74, 6) is 0.421. The second-order valence-corrected chi connectivity index (χ2v) is 3.90. The van der Waals surface area contributed by atoms with Gasteiger partial charge in [-0.15, -0.1) is 0 Å².